The summed E-state index contributed by atoms with van der Waals surface area (Å²) in [5.41, 5.74) is 2.17. The Kier molecular flexibility index (Phi) is 2.23. The molecule has 0 aliphatic carbocycles. The Balaban J connectivity index is 2.26. The highest BCUT2D eigenvalue weighted by atomic mass is 15.3. The summed E-state index contributed by atoms with van der Waals surface area (Å²) in [5.74, 6) is 0. The molecule has 0 fully saturated rings. The first-order valence-corrected chi connectivity index (χ1v) is 4.33. The Bertz CT molecular complexity index is 393. The van der Waals surface area contributed by atoms with Crippen molar-refractivity contribution in [3.8, 4) is 0 Å². The molecule has 0 amide bonds. The molecule has 0 bridgehead atoms. The minimum atomic E-state index is 0.896. The van der Waals surface area contributed by atoms with E-state index in [1.807, 2.05) is 19.3 Å². The molecule has 68 valence electrons. The van der Waals surface area contributed by atoms with E-state index in [2.05, 4.69) is 21.5 Å². The molecule has 0 atom stereocenters. The van der Waals surface area contributed by atoms with Gasteiger partial charge in [-0.1, -0.05) is 6.07 Å². The molecule has 0 saturated carbocycles. The molecular formula is C9H12N4. The van der Waals surface area contributed by atoms with Gasteiger partial charge >= 0.3 is 0 Å². The largest absolute Gasteiger partial charge is 0.319 e. The van der Waals surface area contributed by atoms with Gasteiger partial charge in [-0.2, -0.15) is 5.10 Å². The minimum Gasteiger partial charge on any atom is -0.319 e. The summed E-state index contributed by atoms with van der Waals surface area (Å²) in [7, 11) is 1.95. The molecule has 1 N–H and O–H groups in total. The zero-order chi connectivity index (χ0) is 9.10. The maximum absolute atomic E-state index is 4.08. The number of aromatic nitrogens is 3. The van der Waals surface area contributed by atoms with Crippen molar-refractivity contribution in [2.24, 2.45) is 0 Å². The molecule has 4 nitrogen and oxygen atoms in total. The van der Waals surface area contributed by atoms with Crippen LogP contribution in [0.15, 0.2) is 24.7 Å². The molecule has 0 radical (unpaired) electrons. The molecule has 4 heteroatoms. The Morgan fingerprint density at radius 1 is 1.46 bits per heavy atom. The van der Waals surface area contributed by atoms with Crippen molar-refractivity contribution in [3.63, 3.8) is 0 Å². The van der Waals surface area contributed by atoms with Crippen LogP contribution in [-0.2, 0) is 6.42 Å². The smallest absolute Gasteiger partial charge is 0.155 e. The number of nitrogens with zero attached hydrogens (tertiary/aromatic N) is 3. The topological polar surface area (TPSA) is 42.2 Å². The second kappa shape index (κ2) is 3.53. The van der Waals surface area contributed by atoms with Gasteiger partial charge < -0.3 is 5.32 Å². The monoisotopic (exact) mass is 176 g/mol. The van der Waals surface area contributed by atoms with E-state index in [9.17, 15) is 0 Å². The van der Waals surface area contributed by atoms with Crippen molar-refractivity contribution in [2.75, 3.05) is 13.6 Å². The van der Waals surface area contributed by atoms with Crippen LogP contribution in [0, 0.1) is 0 Å². The van der Waals surface area contributed by atoms with Crippen LogP contribution in [0.4, 0.5) is 0 Å². The number of pyridine rings is 1. The van der Waals surface area contributed by atoms with Crippen molar-refractivity contribution in [1.29, 1.82) is 0 Å². The fourth-order valence-corrected chi connectivity index (χ4v) is 1.28. The summed E-state index contributed by atoms with van der Waals surface area (Å²) < 4.78 is 1.80. The van der Waals surface area contributed by atoms with E-state index in [-0.39, 0.29) is 0 Å². The summed E-state index contributed by atoms with van der Waals surface area (Å²) in [6.45, 7) is 0.986. The molecular weight excluding hydrogens is 164 g/mol. The lowest BCUT2D eigenvalue weighted by Crippen LogP contribution is -2.10. The molecule has 2 rings (SSSR count). The van der Waals surface area contributed by atoms with Crippen LogP contribution < -0.4 is 5.32 Å². The predicted octanol–water partition coefficient (Wildman–Crippen LogP) is 0.491. The minimum absolute atomic E-state index is 0.896. The van der Waals surface area contributed by atoms with E-state index in [1.54, 1.807) is 10.8 Å². The predicted molar refractivity (Wildman–Crippen MR) is 50.6 cm³/mol. The van der Waals surface area contributed by atoms with Gasteiger partial charge in [-0.3, -0.25) is 0 Å². The van der Waals surface area contributed by atoms with Gasteiger partial charge in [-0.05, 0) is 31.6 Å². The molecule has 2 aromatic rings. The molecule has 13 heavy (non-hydrogen) atoms. The van der Waals surface area contributed by atoms with Crippen LogP contribution in [0.5, 0.6) is 0 Å². The zero-order valence-electron chi connectivity index (χ0n) is 7.57. The molecule has 0 unspecified atom stereocenters. The van der Waals surface area contributed by atoms with Crippen LogP contribution >= 0.6 is 0 Å². The second-order valence-electron chi connectivity index (χ2n) is 2.95. The fraction of sp³-hybridized carbons (Fsp3) is 0.333. The highest BCUT2D eigenvalue weighted by molar-refractivity contribution is 5.37. The van der Waals surface area contributed by atoms with Crippen molar-refractivity contribution < 1.29 is 0 Å². The van der Waals surface area contributed by atoms with Crippen molar-refractivity contribution in [2.45, 2.75) is 6.42 Å². The molecule has 2 heterocycles. The van der Waals surface area contributed by atoms with E-state index in [0.717, 1.165) is 18.6 Å². The van der Waals surface area contributed by atoms with E-state index < -0.39 is 0 Å². The lowest BCUT2D eigenvalue weighted by molar-refractivity contribution is 0.784. The Morgan fingerprint density at radius 2 is 2.38 bits per heavy atom. The molecule has 0 saturated heterocycles. The first-order chi connectivity index (χ1) is 6.40. The van der Waals surface area contributed by atoms with Gasteiger partial charge in [0.15, 0.2) is 5.65 Å². The van der Waals surface area contributed by atoms with Gasteiger partial charge in [-0.15, -0.1) is 0 Å². The van der Waals surface area contributed by atoms with Crippen LogP contribution in [-0.4, -0.2) is 28.2 Å². The van der Waals surface area contributed by atoms with Crippen LogP contribution in [0.3, 0.4) is 0 Å². The third kappa shape index (κ3) is 1.67. The van der Waals surface area contributed by atoms with Gasteiger partial charge in [0.05, 0.1) is 0 Å². The highest BCUT2D eigenvalue weighted by Crippen LogP contribution is 2.02. The Morgan fingerprint density at radius 3 is 3.23 bits per heavy atom. The number of fused-ring (bicyclic) bond motifs is 1. The Hall–Kier alpha value is -1.42. The molecule has 0 aromatic carbocycles. The number of nitrogens with one attached hydrogen (secondary N) is 1. The van der Waals surface area contributed by atoms with E-state index in [1.165, 1.54) is 5.56 Å². The summed E-state index contributed by atoms with van der Waals surface area (Å²) in [5, 5.41) is 7.19. The maximum atomic E-state index is 4.08. The summed E-state index contributed by atoms with van der Waals surface area (Å²) in [6, 6.07) is 4.07. The third-order valence-corrected chi connectivity index (χ3v) is 2.00. The van der Waals surface area contributed by atoms with E-state index in [4.69, 9.17) is 0 Å². The molecule has 0 spiro atoms. The molecule has 0 aliphatic heterocycles. The van der Waals surface area contributed by atoms with Gasteiger partial charge in [-0.25, -0.2) is 9.50 Å². The number of hydrogen-bond donors (Lipinski definition) is 1. The second-order valence-corrected chi connectivity index (χ2v) is 2.95. The molecule has 2 aromatic heterocycles. The van der Waals surface area contributed by atoms with Gasteiger partial charge in [0.1, 0.15) is 6.33 Å². The van der Waals surface area contributed by atoms with E-state index in [0.29, 0.717) is 0 Å². The average Bonchev–Trinajstić information content (AvgIpc) is 2.61. The maximum Gasteiger partial charge on any atom is 0.155 e. The van der Waals surface area contributed by atoms with Gasteiger partial charge in [0.25, 0.3) is 0 Å². The normalized spacial score (nSPS) is 10.8. The van der Waals surface area contributed by atoms with Crippen molar-refractivity contribution in [3.05, 3.63) is 30.2 Å². The highest BCUT2D eigenvalue weighted by Gasteiger charge is 1.96. The number of hydrogen-bond acceptors (Lipinski definition) is 3. The fourth-order valence-electron chi connectivity index (χ4n) is 1.28. The van der Waals surface area contributed by atoms with Crippen LogP contribution in [0.25, 0.3) is 5.65 Å². The number of rotatable bonds is 3. The Labute approximate surface area is 76.6 Å². The standard InChI is InChI=1S/C9H12N4/c1-10-5-4-8-2-3-9-11-7-12-13(9)6-8/h2-3,6-7,10H,4-5H2,1H3. The van der Waals surface area contributed by atoms with Crippen molar-refractivity contribution in [1.82, 2.24) is 19.9 Å². The van der Waals surface area contributed by atoms with Crippen LogP contribution in [0.2, 0.25) is 0 Å². The van der Waals surface area contributed by atoms with E-state index >= 15 is 0 Å². The average molecular weight is 176 g/mol. The summed E-state index contributed by atoms with van der Waals surface area (Å²) >= 11 is 0. The quantitative estimate of drug-likeness (QED) is 0.740. The van der Waals surface area contributed by atoms with Gasteiger partial charge in [0.2, 0.25) is 0 Å². The summed E-state index contributed by atoms with van der Waals surface area (Å²) in [4.78, 5) is 4.08. The lowest BCUT2D eigenvalue weighted by Gasteiger charge is -2.00. The zero-order valence-corrected chi connectivity index (χ0v) is 7.57. The van der Waals surface area contributed by atoms with Crippen molar-refractivity contribution >= 4 is 5.65 Å². The third-order valence-electron chi connectivity index (χ3n) is 2.00. The SMILES string of the molecule is CNCCc1ccc2ncnn2c1. The first kappa shape index (κ1) is 8.19. The number of likely N-dealkylation sites (N-methyl/N-ethyl adjacent to an activating group) is 1. The first-order valence-electron chi connectivity index (χ1n) is 4.33. The molecule has 0 aliphatic rings. The van der Waals surface area contributed by atoms with Crippen LogP contribution in [0.1, 0.15) is 5.56 Å². The lowest BCUT2D eigenvalue weighted by atomic mass is 10.2. The summed E-state index contributed by atoms with van der Waals surface area (Å²) in [6.07, 6.45) is 4.60. The van der Waals surface area contributed by atoms with Gasteiger partial charge in [0, 0.05) is 6.20 Å².